The van der Waals surface area contributed by atoms with Gasteiger partial charge in [0.1, 0.15) is 18.5 Å². The van der Waals surface area contributed by atoms with Gasteiger partial charge in [-0.3, -0.25) is 0 Å². The molecular weight excluding hydrogens is 317 g/mol. The molecule has 1 aromatic carbocycles. The molecule has 0 saturated heterocycles. The fraction of sp³-hybridized carbons (Fsp3) is 0.571. The Morgan fingerprint density at radius 1 is 1.30 bits per heavy atom. The third-order valence-corrected chi connectivity index (χ3v) is 4.30. The first-order chi connectivity index (χ1) is 9.52. The molecule has 0 aliphatic carbocycles. The molecule has 114 valence electrons. The number of ether oxygens (including phenoxy) is 1. The van der Waals surface area contributed by atoms with Gasteiger partial charge in [0.2, 0.25) is 0 Å². The number of aliphatic hydroxyl groups is 1. The van der Waals surface area contributed by atoms with E-state index in [1.165, 1.54) is 0 Å². The molecular formula is C14H21Cl2NO2S. The molecule has 6 heteroatoms. The lowest BCUT2D eigenvalue weighted by molar-refractivity contribution is 0.106. The average Bonchev–Trinajstić information content (AvgIpc) is 2.40. The fourth-order valence-corrected chi connectivity index (χ4v) is 2.63. The normalized spacial score (nSPS) is 14.1. The van der Waals surface area contributed by atoms with Crippen LogP contribution >= 0.6 is 35.0 Å². The van der Waals surface area contributed by atoms with Crippen molar-refractivity contribution in [2.75, 3.05) is 31.7 Å². The minimum Gasteiger partial charge on any atom is -0.491 e. The molecule has 0 aliphatic heterocycles. The zero-order valence-electron chi connectivity index (χ0n) is 11.7. The highest BCUT2D eigenvalue weighted by atomic mass is 35.5. The van der Waals surface area contributed by atoms with Gasteiger partial charge in [0.25, 0.3) is 0 Å². The third kappa shape index (κ3) is 7.04. The van der Waals surface area contributed by atoms with Crippen molar-refractivity contribution < 1.29 is 9.84 Å². The second-order valence-corrected chi connectivity index (χ2v) is 6.48. The summed E-state index contributed by atoms with van der Waals surface area (Å²) in [7, 11) is 0. The molecule has 0 aromatic heterocycles. The summed E-state index contributed by atoms with van der Waals surface area (Å²) >= 11 is 13.5. The fourth-order valence-electron chi connectivity index (χ4n) is 1.66. The first-order valence-corrected chi connectivity index (χ1v) is 8.63. The molecule has 0 aliphatic rings. The Bertz CT molecular complexity index is 407. The minimum absolute atomic E-state index is 0.224. The molecule has 3 nitrogen and oxygen atoms in total. The molecule has 0 heterocycles. The van der Waals surface area contributed by atoms with Crippen molar-refractivity contribution in [3.8, 4) is 5.75 Å². The summed E-state index contributed by atoms with van der Waals surface area (Å²) in [5, 5.41) is 14.0. The van der Waals surface area contributed by atoms with Gasteiger partial charge in [-0.05, 0) is 36.6 Å². The summed E-state index contributed by atoms with van der Waals surface area (Å²) in [4.78, 5) is 0. The molecule has 2 atom stereocenters. The highest BCUT2D eigenvalue weighted by molar-refractivity contribution is 7.98. The molecule has 0 radical (unpaired) electrons. The molecule has 2 N–H and O–H groups in total. The van der Waals surface area contributed by atoms with Gasteiger partial charge in [0.15, 0.2) is 0 Å². The molecule has 1 rings (SSSR count). The van der Waals surface area contributed by atoms with Gasteiger partial charge >= 0.3 is 0 Å². The zero-order valence-corrected chi connectivity index (χ0v) is 14.1. The molecule has 0 saturated carbocycles. The maximum atomic E-state index is 9.83. The van der Waals surface area contributed by atoms with Crippen LogP contribution in [0.1, 0.15) is 6.92 Å². The lowest BCUT2D eigenvalue weighted by Gasteiger charge is -2.15. The summed E-state index contributed by atoms with van der Waals surface area (Å²) in [5.74, 6) is 2.31. The van der Waals surface area contributed by atoms with E-state index < -0.39 is 6.10 Å². The maximum Gasteiger partial charge on any atom is 0.121 e. The minimum atomic E-state index is -0.550. The van der Waals surface area contributed by atoms with Crippen molar-refractivity contribution in [1.82, 2.24) is 5.32 Å². The highest BCUT2D eigenvalue weighted by Gasteiger charge is 2.07. The topological polar surface area (TPSA) is 41.5 Å². The van der Waals surface area contributed by atoms with Crippen LogP contribution in [0.2, 0.25) is 10.0 Å². The summed E-state index contributed by atoms with van der Waals surface area (Å²) in [6, 6.07) is 5.05. The largest absolute Gasteiger partial charge is 0.491 e. The van der Waals surface area contributed by atoms with Gasteiger partial charge in [0.05, 0.1) is 10.0 Å². The van der Waals surface area contributed by atoms with E-state index in [2.05, 4.69) is 18.5 Å². The van der Waals surface area contributed by atoms with E-state index in [-0.39, 0.29) is 6.61 Å². The Morgan fingerprint density at radius 3 is 2.70 bits per heavy atom. The number of benzene rings is 1. The highest BCUT2D eigenvalue weighted by Crippen LogP contribution is 2.26. The van der Waals surface area contributed by atoms with E-state index in [1.54, 1.807) is 18.2 Å². The number of thioether (sulfide) groups is 1. The lowest BCUT2D eigenvalue weighted by atomic mass is 10.2. The molecule has 2 unspecified atom stereocenters. The van der Waals surface area contributed by atoms with Crippen molar-refractivity contribution in [1.29, 1.82) is 0 Å². The van der Waals surface area contributed by atoms with E-state index >= 15 is 0 Å². The molecule has 20 heavy (non-hydrogen) atoms. The van der Waals surface area contributed by atoms with Gasteiger partial charge < -0.3 is 15.2 Å². The van der Waals surface area contributed by atoms with Crippen molar-refractivity contribution >= 4 is 35.0 Å². The first kappa shape index (κ1) is 17.9. The Morgan fingerprint density at radius 2 is 2.05 bits per heavy atom. The Balaban J connectivity index is 2.22. The van der Waals surface area contributed by atoms with Crippen LogP contribution in [-0.4, -0.2) is 42.9 Å². The molecule has 1 aromatic rings. The zero-order chi connectivity index (χ0) is 15.0. The van der Waals surface area contributed by atoms with Crippen LogP contribution < -0.4 is 10.1 Å². The number of hydrogen-bond acceptors (Lipinski definition) is 4. The predicted molar refractivity (Wildman–Crippen MR) is 88.4 cm³/mol. The summed E-state index contributed by atoms with van der Waals surface area (Å²) < 4.78 is 5.47. The number of rotatable bonds is 9. The Hall–Kier alpha value is -0.130. The average molecular weight is 338 g/mol. The predicted octanol–water partition coefficient (Wildman–Crippen LogP) is 3.32. The number of halogens is 2. The standard InChI is InChI=1S/C14H21Cl2NO2S/c1-10(9-20-2)6-17-7-11(18)8-19-12-3-4-13(15)14(16)5-12/h3-5,10-11,17-18H,6-9H2,1-2H3. The Kier molecular flexibility index (Phi) is 8.73. The van der Waals surface area contributed by atoms with Crippen LogP contribution in [0.15, 0.2) is 18.2 Å². The van der Waals surface area contributed by atoms with E-state index in [0.29, 0.717) is 28.3 Å². The van der Waals surface area contributed by atoms with Gasteiger partial charge in [-0.1, -0.05) is 30.1 Å². The van der Waals surface area contributed by atoms with Crippen LogP contribution in [0.4, 0.5) is 0 Å². The molecule has 0 spiro atoms. The van der Waals surface area contributed by atoms with Crippen LogP contribution in [0.3, 0.4) is 0 Å². The first-order valence-electron chi connectivity index (χ1n) is 6.48. The van der Waals surface area contributed by atoms with Crippen molar-refractivity contribution in [3.63, 3.8) is 0 Å². The third-order valence-electron chi connectivity index (χ3n) is 2.66. The van der Waals surface area contributed by atoms with Gasteiger partial charge in [-0.2, -0.15) is 11.8 Å². The quantitative estimate of drug-likeness (QED) is 0.725. The lowest BCUT2D eigenvalue weighted by Crippen LogP contribution is -2.34. The van der Waals surface area contributed by atoms with Crippen LogP contribution in [0.5, 0.6) is 5.75 Å². The Labute approximate surface area is 135 Å². The maximum absolute atomic E-state index is 9.83. The summed E-state index contributed by atoms with van der Waals surface area (Å²) in [5.41, 5.74) is 0. The second kappa shape index (κ2) is 9.74. The van der Waals surface area contributed by atoms with E-state index in [1.807, 2.05) is 11.8 Å². The van der Waals surface area contributed by atoms with Crippen LogP contribution in [-0.2, 0) is 0 Å². The van der Waals surface area contributed by atoms with Crippen molar-refractivity contribution in [2.24, 2.45) is 5.92 Å². The summed E-state index contributed by atoms with van der Waals surface area (Å²) in [6.45, 7) is 3.81. The number of aliphatic hydroxyl groups excluding tert-OH is 1. The molecule has 0 fully saturated rings. The van der Waals surface area contributed by atoms with E-state index in [4.69, 9.17) is 27.9 Å². The summed E-state index contributed by atoms with van der Waals surface area (Å²) in [6.07, 6.45) is 1.54. The van der Waals surface area contributed by atoms with Gasteiger partial charge in [0, 0.05) is 12.6 Å². The van der Waals surface area contributed by atoms with Crippen LogP contribution in [0, 0.1) is 5.92 Å². The van der Waals surface area contributed by atoms with Crippen molar-refractivity contribution in [2.45, 2.75) is 13.0 Å². The van der Waals surface area contributed by atoms with Gasteiger partial charge in [-0.15, -0.1) is 0 Å². The monoisotopic (exact) mass is 337 g/mol. The number of nitrogens with one attached hydrogen (secondary N) is 1. The SMILES string of the molecule is CSCC(C)CNCC(O)COc1ccc(Cl)c(Cl)c1. The van der Waals surface area contributed by atoms with E-state index in [9.17, 15) is 5.11 Å². The van der Waals surface area contributed by atoms with Gasteiger partial charge in [-0.25, -0.2) is 0 Å². The molecule has 0 amide bonds. The van der Waals surface area contributed by atoms with E-state index in [0.717, 1.165) is 12.3 Å². The van der Waals surface area contributed by atoms with Crippen LogP contribution in [0.25, 0.3) is 0 Å². The smallest absolute Gasteiger partial charge is 0.121 e. The second-order valence-electron chi connectivity index (χ2n) is 4.76. The molecule has 0 bridgehead atoms. The van der Waals surface area contributed by atoms with Crippen molar-refractivity contribution in [3.05, 3.63) is 28.2 Å². The number of hydrogen-bond donors (Lipinski definition) is 2.